The highest BCUT2D eigenvalue weighted by Crippen LogP contribution is 2.26. The molecule has 0 aromatic carbocycles. The molecule has 6 nitrogen and oxygen atoms in total. The Labute approximate surface area is 132 Å². The van der Waals surface area contributed by atoms with Crippen LogP contribution in [0.5, 0.6) is 0 Å². The molecule has 0 saturated carbocycles. The molecule has 2 unspecified atom stereocenters. The van der Waals surface area contributed by atoms with Crippen molar-refractivity contribution in [1.82, 2.24) is 25.6 Å². The van der Waals surface area contributed by atoms with Gasteiger partial charge in [0.15, 0.2) is 5.69 Å². The van der Waals surface area contributed by atoms with Gasteiger partial charge < -0.3 is 10.6 Å². The van der Waals surface area contributed by atoms with Crippen LogP contribution < -0.4 is 10.6 Å². The summed E-state index contributed by atoms with van der Waals surface area (Å²) < 4.78 is 1.72. The number of hydrogen-bond acceptors (Lipinski definition) is 5. The lowest BCUT2D eigenvalue weighted by Gasteiger charge is -2.29. The summed E-state index contributed by atoms with van der Waals surface area (Å²) in [6.07, 6.45) is 6.23. The molecule has 4 rings (SSSR count). The number of rotatable bonds is 4. The molecule has 0 aliphatic carbocycles. The summed E-state index contributed by atoms with van der Waals surface area (Å²) in [6, 6.07) is 5.46. The van der Waals surface area contributed by atoms with E-state index >= 15 is 0 Å². The van der Waals surface area contributed by atoms with Crippen LogP contribution in [0, 0.1) is 0 Å². The van der Waals surface area contributed by atoms with Crippen molar-refractivity contribution in [3.8, 4) is 0 Å². The van der Waals surface area contributed by atoms with Gasteiger partial charge >= 0.3 is 0 Å². The van der Waals surface area contributed by atoms with E-state index in [1.165, 1.54) is 17.7 Å². The van der Waals surface area contributed by atoms with Crippen LogP contribution in [0.2, 0.25) is 0 Å². The van der Waals surface area contributed by atoms with Crippen molar-refractivity contribution < 1.29 is 4.79 Å². The van der Waals surface area contributed by atoms with Crippen LogP contribution >= 0.6 is 11.3 Å². The van der Waals surface area contributed by atoms with E-state index in [4.69, 9.17) is 0 Å². The molecule has 2 aliphatic rings. The van der Waals surface area contributed by atoms with E-state index in [9.17, 15) is 4.79 Å². The summed E-state index contributed by atoms with van der Waals surface area (Å²) in [5.74, 6) is -0.108. The molecule has 2 aromatic rings. The monoisotopic (exact) mass is 317 g/mol. The Morgan fingerprint density at radius 1 is 1.41 bits per heavy atom. The van der Waals surface area contributed by atoms with Gasteiger partial charge in [-0.1, -0.05) is 11.3 Å². The van der Waals surface area contributed by atoms with Gasteiger partial charge in [-0.3, -0.25) is 4.79 Å². The predicted octanol–water partition coefficient (Wildman–Crippen LogP) is 1.40. The van der Waals surface area contributed by atoms with Gasteiger partial charge in [0.05, 0.1) is 12.7 Å². The highest BCUT2D eigenvalue weighted by Gasteiger charge is 2.34. The quantitative estimate of drug-likeness (QED) is 0.894. The smallest absolute Gasteiger partial charge is 0.273 e. The number of nitrogens with one attached hydrogen (secondary N) is 2. The minimum absolute atomic E-state index is 0.108. The van der Waals surface area contributed by atoms with Gasteiger partial charge in [-0.15, -0.1) is 16.4 Å². The fourth-order valence-electron chi connectivity index (χ4n) is 3.48. The van der Waals surface area contributed by atoms with Gasteiger partial charge in [-0.25, -0.2) is 4.68 Å². The number of carbonyl (C=O) groups excluding carboxylic acids is 1. The third-order valence-electron chi connectivity index (χ3n) is 4.48. The Bertz CT molecular complexity index is 641. The summed E-state index contributed by atoms with van der Waals surface area (Å²) in [7, 11) is 0. The van der Waals surface area contributed by atoms with Crippen molar-refractivity contribution in [2.24, 2.45) is 0 Å². The van der Waals surface area contributed by atoms with Crippen molar-refractivity contribution in [2.45, 2.75) is 50.4 Å². The van der Waals surface area contributed by atoms with Gasteiger partial charge in [-0.2, -0.15) is 0 Å². The lowest BCUT2D eigenvalue weighted by Crippen LogP contribution is -2.48. The molecular weight excluding hydrogens is 298 g/mol. The molecular formula is C15H19N5OS. The minimum atomic E-state index is -0.108. The average molecular weight is 317 g/mol. The lowest BCUT2D eigenvalue weighted by atomic mass is 10.00. The molecule has 2 fully saturated rings. The summed E-state index contributed by atoms with van der Waals surface area (Å²) in [4.78, 5) is 13.5. The van der Waals surface area contributed by atoms with E-state index < -0.39 is 0 Å². The first-order valence-electron chi connectivity index (χ1n) is 7.76. The third-order valence-corrected chi connectivity index (χ3v) is 5.34. The molecule has 1 amide bonds. The van der Waals surface area contributed by atoms with Crippen LogP contribution in [-0.2, 0) is 6.54 Å². The predicted molar refractivity (Wildman–Crippen MR) is 83.9 cm³/mol. The molecule has 2 aliphatic heterocycles. The molecule has 116 valence electrons. The topological polar surface area (TPSA) is 71.8 Å². The molecule has 2 atom stereocenters. The van der Waals surface area contributed by atoms with Crippen molar-refractivity contribution in [1.29, 1.82) is 0 Å². The molecule has 2 bridgehead atoms. The van der Waals surface area contributed by atoms with E-state index in [0.29, 0.717) is 24.3 Å². The number of thiophene rings is 1. The van der Waals surface area contributed by atoms with Crippen molar-refractivity contribution >= 4 is 17.2 Å². The molecule has 0 spiro atoms. The second-order valence-electron chi connectivity index (χ2n) is 6.16. The normalized spacial score (nSPS) is 27.0. The van der Waals surface area contributed by atoms with Gasteiger partial charge in [0.2, 0.25) is 0 Å². The van der Waals surface area contributed by atoms with Crippen molar-refractivity contribution in [3.05, 3.63) is 34.3 Å². The number of carbonyl (C=O) groups is 1. The van der Waals surface area contributed by atoms with Gasteiger partial charge in [0.25, 0.3) is 5.91 Å². The SMILES string of the molecule is O=C(NC1CC2CCC(C1)N2)c1cn(Cc2cccs2)nn1. The summed E-state index contributed by atoms with van der Waals surface area (Å²) in [5, 5.41) is 16.8. The van der Waals surface area contributed by atoms with Crippen LogP contribution in [-0.4, -0.2) is 39.0 Å². The maximum absolute atomic E-state index is 12.3. The molecule has 22 heavy (non-hydrogen) atoms. The van der Waals surface area contributed by atoms with Crippen LogP contribution in [0.3, 0.4) is 0 Å². The maximum Gasteiger partial charge on any atom is 0.273 e. The van der Waals surface area contributed by atoms with Gasteiger partial charge in [0.1, 0.15) is 0 Å². The number of nitrogens with zero attached hydrogens (tertiary/aromatic N) is 3. The Kier molecular flexibility index (Phi) is 3.67. The summed E-state index contributed by atoms with van der Waals surface area (Å²) in [6.45, 7) is 0.662. The highest BCUT2D eigenvalue weighted by atomic mass is 32.1. The molecule has 4 heterocycles. The van der Waals surface area contributed by atoms with E-state index in [0.717, 1.165) is 12.8 Å². The number of amides is 1. The number of aromatic nitrogens is 3. The van der Waals surface area contributed by atoms with Crippen LogP contribution in [0.25, 0.3) is 0 Å². The zero-order valence-electron chi connectivity index (χ0n) is 12.2. The van der Waals surface area contributed by atoms with Gasteiger partial charge in [-0.05, 0) is 37.1 Å². The molecule has 0 radical (unpaired) electrons. The Morgan fingerprint density at radius 3 is 2.95 bits per heavy atom. The zero-order chi connectivity index (χ0) is 14.9. The minimum Gasteiger partial charge on any atom is -0.348 e. The first-order valence-corrected chi connectivity index (χ1v) is 8.63. The van der Waals surface area contributed by atoms with Crippen molar-refractivity contribution in [3.63, 3.8) is 0 Å². The van der Waals surface area contributed by atoms with E-state index in [1.807, 2.05) is 11.4 Å². The number of piperidine rings is 1. The summed E-state index contributed by atoms with van der Waals surface area (Å²) >= 11 is 1.68. The second kappa shape index (κ2) is 5.81. The third kappa shape index (κ3) is 2.91. The van der Waals surface area contributed by atoms with E-state index in [2.05, 4.69) is 27.0 Å². The zero-order valence-corrected chi connectivity index (χ0v) is 13.1. The molecule has 2 N–H and O–H groups in total. The first kappa shape index (κ1) is 13.9. The standard InChI is InChI=1S/C15H19N5OS/c21-15(17-12-6-10-3-4-11(7-12)16-10)14-9-20(19-18-14)8-13-2-1-5-22-13/h1-2,5,9-12,16H,3-4,6-8H2,(H,17,21). The van der Waals surface area contributed by atoms with Gasteiger partial charge in [0, 0.05) is 23.0 Å². The van der Waals surface area contributed by atoms with Crippen LogP contribution in [0.4, 0.5) is 0 Å². The average Bonchev–Trinajstić information content (AvgIpc) is 3.22. The van der Waals surface area contributed by atoms with Crippen LogP contribution in [0.1, 0.15) is 41.0 Å². The Morgan fingerprint density at radius 2 is 2.23 bits per heavy atom. The number of hydrogen-bond donors (Lipinski definition) is 2. The largest absolute Gasteiger partial charge is 0.348 e. The van der Waals surface area contributed by atoms with Crippen molar-refractivity contribution in [2.75, 3.05) is 0 Å². The Hall–Kier alpha value is -1.73. The summed E-state index contributed by atoms with van der Waals surface area (Å²) in [5.41, 5.74) is 0.405. The first-order chi connectivity index (χ1) is 10.8. The molecule has 2 aromatic heterocycles. The van der Waals surface area contributed by atoms with E-state index in [1.54, 1.807) is 22.2 Å². The lowest BCUT2D eigenvalue weighted by molar-refractivity contribution is 0.0919. The highest BCUT2D eigenvalue weighted by molar-refractivity contribution is 7.09. The fraction of sp³-hybridized carbons (Fsp3) is 0.533. The second-order valence-corrected chi connectivity index (χ2v) is 7.19. The fourth-order valence-corrected chi connectivity index (χ4v) is 4.17. The Balaban J connectivity index is 1.37. The molecule has 7 heteroatoms. The number of fused-ring (bicyclic) bond motifs is 2. The molecule has 2 saturated heterocycles. The maximum atomic E-state index is 12.3. The van der Waals surface area contributed by atoms with E-state index in [-0.39, 0.29) is 11.9 Å². The van der Waals surface area contributed by atoms with Crippen LogP contribution in [0.15, 0.2) is 23.7 Å².